The number of benzene rings is 1. The molecule has 0 saturated heterocycles. The molecule has 0 aliphatic rings. The highest BCUT2D eigenvalue weighted by atomic mass is 16.1. The molecule has 76 valence electrons. The Kier molecular flexibility index (Phi) is 3.41. The van der Waals surface area contributed by atoms with Gasteiger partial charge in [0.15, 0.2) is 11.6 Å². The first-order chi connectivity index (χ1) is 7.04. The van der Waals surface area contributed by atoms with Gasteiger partial charge in [0.2, 0.25) is 0 Å². The highest BCUT2D eigenvalue weighted by Gasteiger charge is 2.06. The van der Waals surface area contributed by atoms with Crippen LogP contribution in [0.5, 0.6) is 0 Å². The van der Waals surface area contributed by atoms with E-state index in [0.717, 1.165) is 0 Å². The molecule has 0 bridgehead atoms. The molecule has 0 radical (unpaired) electrons. The fourth-order valence-corrected chi connectivity index (χ4v) is 1.25. The van der Waals surface area contributed by atoms with Gasteiger partial charge >= 0.3 is 0 Å². The SMILES string of the molecule is CC#Cc1cc(C(C)=O)cc(C(C)=O)c1. The summed E-state index contributed by atoms with van der Waals surface area (Å²) in [5, 5.41) is 0. The van der Waals surface area contributed by atoms with Crippen LogP contribution in [0.15, 0.2) is 18.2 Å². The van der Waals surface area contributed by atoms with Crippen LogP contribution in [-0.4, -0.2) is 11.6 Å². The van der Waals surface area contributed by atoms with Crippen molar-refractivity contribution in [1.29, 1.82) is 0 Å². The van der Waals surface area contributed by atoms with E-state index in [1.165, 1.54) is 13.8 Å². The largest absolute Gasteiger partial charge is 0.295 e. The van der Waals surface area contributed by atoms with E-state index in [9.17, 15) is 9.59 Å². The first kappa shape index (κ1) is 11.2. The third-order valence-corrected chi connectivity index (χ3v) is 2.02. The molecule has 0 unspecified atom stereocenters. The van der Waals surface area contributed by atoms with Gasteiger partial charge in [-0.2, -0.15) is 0 Å². The van der Waals surface area contributed by atoms with Crippen molar-refractivity contribution in [2.24, 2.45) is 0 Å². The van der Waals surface area contributed by atoms with Crippen LogP contribution in [0.2, 0.25) is 0 Å². The van der Waals surface area contributed by atoms with Crippen LogP contribution in [0.1, 0.15) is 47.1 Å². The molecule has 0 aromatic heterocycles. The molecule has 0 atom stereocenters. The molecule has 2 nitrogen and oxygen atoms in total. The van der Waals surface area contributed by atoms with Gasteiger partial charge in [-0.1, -0.05) is 5.92 Å². The van der Waals surface area contributed by atoms with E-state index in [4.69, 9.17) is 0 Å². The maximum Gasteiger partial charge on any atom is 0.159 e. The number of carbonyl (C=O) groups excluding carboxylic acids is 2. The summed E-state index contributed by atoms with van der Waals surface area (Å²) in [5.41, 5.74) is 1.76. The average molecular weight is 200 g/mol. The van der Waals surface area contributed by atoms with Crippen LogP contribution in [0.25, 0.3) is 0 Å². The molecule has 0 N–H and O–H groups in total. The maximum absolute atomic E-state index is 11.2. The lowest BCUT2D eigenvalue weighted by Crippen LogP contribution is -1.99. The smallest absolute Gasteiger partial charge is 0.159 e. The van der Waals surface area contributed by atoms with Gasteiger partial charge in [0.05, 0.1) is 0 Å². The minimum Gasteiger partial charge on any atom is -0.295 e. The van der Waals surface area contributed by atoms with E-state index in [2.05, 4.69) is 11.8 Å². The van der Waals surface area contributed by atoms with Crippen molar-refractivity contribution in [3.05, 3.63) is 34.9 Å². The number of ketones is 2. The second-order valence-electron chi connectivity index (χ2n) is 3.29. The van der Waals surface area contributed by atoms with Gasteiger partial charge in [-0.15, -0.1) is 5.92 Å². The molecule has 0 saturated carbocycles. The lowest BCUT2D eigenvalue weighted by Gasteiger charge is -2.01. The van der Waals surface area contributed by atoms with E-state index in [-0.39, 0.29) is 11.6 Å². The summed E-state index contributed by atoms with van der Waals surface area (Å²) in [6.07, 6.45) is 0. The minimum atomic E-state index is -0.0581. The lowest BCUT2D eigenvalue weighted by atomic mass is 10.0. The minimum absolute atomic E-state index is 0.0581. The van der Waals surface area contributed by atoms with Gasteiger partial charge in [-0.3, -0.25) is 9.59 Å². The Morgan fingerprint density at radius 2 is 1.47 bits per heavy atom. The molecule has 0 spiro atoms. The first-order valence-electron chi connectivity index (χ1n) is 4.64. The second-order valence-corrected chi connectivity index (χ2v) is 3.29. The Bertz CT molecular complexity index is 441. The van der Waals surface area contributed by atoms with E-state index in [0.29, 0.717) is 16.7 Å². The number of hydrogen-bond acceptors (Lipinski definition) is 2. The van der Waals surface area contributed by atoms with Crippen LogP contribution in [0.4, 0.5) is 0 Å². The number of Topliss-reactive ketones (excluding diaryl/α,β-unsaturated/α-hetero) is 2. The summed E-state index contributed by atoms with van der Waals surface area (Å²) in [6.45, 7) is 4.67. The van der Waals surface area contributed by atoms with Gasteiger partial charge in [0.1, 0.15) is 0 Å². The topological polar surface area (TPSA) is 34.1 Å². The van der Waals surface area contributed by atoms with Crippen LogP contribution in [0, 0.1) is 11.8 Å². The summed E-state index contributed by atoms with van der Waals surface area (Å²) in [5.74, 6) is 5.47. The molecule has 0 amide bonds. The molecular formula is C13H12O2. The highest BCUT2D eigenvalue weighted by Crippen LogP contribution is 2.11. The molecule has 1 aromatic carbocycles. The Balaban J connectivity index is 3.36. The Hall–Kier alpha value is -1.88. The third-order valence-electron chi connectivity index (χ3n) is 2.02. The summed E-state index contributed by atoms with van der Waals surface area (Å²) >= 11 is 0. The van der Waals surface area contributed by atoms with Crippen molar-refractivity contribution >= 4 is 11.6 Å². The number of rotatable bonds is 2. The van der Waals surface area contributed by atoms with Crippen molar-refractivity contribution in [2.75, 3.05) is 0 Å². The number of carbonyl (C=O) groups is 2. The molecule has 1 rings (SSSR count). The third kappa shape index (κ3) is 2.78. The second kappa shape index (κ2) is 4.56. The molecule has 0 aliphatic heterocycles. The van der Waals surface area contributed by atoms with E-state index >= 15 is 0 Å². The van der Waals surface area contributed by atoms with Crippen molar-refractivity contribution in [3.63, 3.8) is 0 Å². The molecular weight excluding hydrogens is 188 g/mol. The van der Waals surface area contributed by atoms with Crippen LogP contribution < -0.4 is 0 Å². The van der Waals surface area contributed by atoms with Gasteiger partial charge < -0.3 is 0 Å². The quantitative estimate of drug-likeness (QED) is 0.543. The average Bonchev–Trinajstić information content (AvgIpc) is 2.17. The van der Waals surface area contributed by atoms with E-state index in [1.807, 2.05) is 0 Å². The standard InChI is InChI=1S/C13H12O2/c1-4-5-11-6-12(9(2)14)8-13(7-11)10(3)15/h6-8H,1-3H3. The first-order valence-corrected chi connectivity index (χ1v) is 4.64. The molecule has 15 heavy (non-hydrogen) atoms. The summed E-state index contributed by atoms with van der Waals surface area (Å²) in [7, 11) is 0. The van der Waals surface area contributed by atoms with Crippen LogP contribution in [-0.2, 0) is 0 Å². The predicted octanol–water partition coefficient (Wildman–Crippen LogP) is 2.46. The van der Waals surface area contributed by atoms with Crippen molar-refractivity contribution in [1.82, 2.24) is 0 Å². The normalized spacial score (nSPS) is 9.00. The summed E-state index contributed by atoms with van der Waals surface area (Å²) in [4.78, 5) is 22.4. The van der Waals surface area contributed by atoms with Crippen molar-refractivity contribution in [3.8, 4) is 11.8 Å². The van der Waals surface area contributed by atoms with Crippen LogP contribution in [0.3, 0.4) is 0 Å². The molecule has 1 aromatic rings. The van der Waals surface area contributed by atoms with Crippen molar-refractivity contribution in [2.45, 2.75) is 20.8 Å². The zero-order valence-electron chi connectivity index (χ0n) is 9.05. The van der Waals surface area contributed by atoms with Gasteiger partial charge in [0, 0.05) is 16.7 Å². The van der Waals surface area contributed by atoms with E-state index < -0.39 is 0 Å². The fourth-order valence-electron chi connectivity index (χ4n) is 1.25. The zero-order chi connectivity index (χ0) is 11.4. The van der Waals surface area contributed by atoms with Crippen LogP contribution >= 0.6 is 0 Å². The fraction of sp³-hybridized carbons (Fsp3) is 0.231. The Labute approximate surface area is 89.3 Å². The Morgan fingerprint density at radius 1 is 1.00 bits per heavy atom. The monoisotopic (exact) mass is 200 g/mol. The lowest BCUT2D eigenvalue weighted by molar-refractivity contribution is 0.101. The molecule has 2 heteroatoms. The zero-order valence-corrected chi connectivity index (χ0v) is 9.05. The maximum atomic E-state index is 11.2. The van der Waals surface area contributed by atoms with Gasteiger partial charge in [-0.25, -0.2) is 0 Å². The summed E-state index contributed by atoms with van der Waals surface area (Å²) in [6, 6.07) is 5.00. The summed E-state index contributed by atoms with van der Waals surface area (Å²) < 4.78 is 0. The van der Waals surface area contributed by atoms with Crippen molar-refractivity contribution < 1.29 is 9.59 Å². The Morgan fingerprint density at radius 3 is 1.80 bits per heavy atom. The molecule has 0 aliphatic carbocycles. The molecule has 0 heterocycles. The number of hydrogen-bond donors (Lipinski definition) is 0. The van der Waals surface area contributed by atoms with Gasteiger partial charge in [-0.05, 0) is 39.0 Å². The predicted molar refractivity (Wildman–Crippen MR) is 59.0 cm³/mol. The highest BCUT2D eigenvalue weighted by molar-refractivity contribution is 6.00. The van der Waals surface area contributed by atoms with Gasteiger partial charge in [0.25, 0.3) is 0 Å². The van der Waals surface area contributed by atoms with E-state index in [1.54, 1.807) is 25.1 Å². The molecule has 0 fully saturated rings.